The van der Waals surface area contributed by atoms with E-state index in [2.05, 4.69) is 10.3 Å². The second-order valence-corrected chi connectivity index (χ2v) is 7.58. The van der Waals surface area contributed by atoms with Crippen molar-refractivity contribution in [2.24, 2.45) is 0 Å². The molecule has 3 rings (SSSR count). The van der Waals surface area contributed by atoms with E-state index in [0.717, 1.165) is 41.0 Å². The number of unbranched alkanes of at least 4 members (excludes halogenated alkanes) is 2. The van der Waals surface area contributed by atoms with Crippen LogP contribution in [0.15, 0.2) is 60.7 Å². The lowest BCUT2D eigenvalue weighted by atomic mass is 10.0. The molecule has 3 aromatic rings. The lowest BCUT2D eigenvalue weighted by Gasteiger charge is -2.07. The highest BCUT2D eigenvalue weighted by atomic mass is 16.5. The maximum Gasteiger partial charge on any atom is 0.268 e. The first kappa shape index (κ1) is 23.1. The zero-order valence-corrected chi connectivity index (χ0v) is 18.2. The summed E-state index contributed by atoms with van der Waals surface area (Å²) in [6.07, 6.45) is 3.11. The van der Waals surface area contributed by atoms with Crippen molar-refractivity contribution in [3.8, 4) is 17.0 Å². The molecule has 0 bridgehead atoms. The second kappa shape index (κ2) is 11.7. The number of nitrogens with one attached hydrogen (secondary N) is 3. The number of methoxy groups -OCH3 is 1. The highest BCUT2D eigenvalue weighted by Crippen LogP contribution is 2.26. The molecule has 0 spiro atoms. The largest absolute Gasteiger partial charge is 0.497 e. The topological polar surface area (TPSA) is 103 Å². The van der Waals surface area contributed by atoms with Crippen LogP contribution in [0, 0.1) is 0 Å². The normalized spacial score (nSPS) is 10.6. The van der Waals surface area contributed by atoms with Crippen molar-refractivity contribution in [2.45, 2.75) is 32.1 Å². The van der Waals surface area contributed by atoms with Crippen LogP contribution in [0.1, 0.15) is 47.3 Å². The van der Waals surface area contributed by atoms with Gasteiger partial charge in [0.05, 0.1) is 7.11 Å². The van der Waals surface area contributed by atoms with Gasteiger partial charge < -0.3 is 15.0 Å². The van der Waals surface area contributed by atoms with Crippen LogP contribution in [0.5, 0.6) is 5.75 Å². The molecule has 0 aliphatic heterocycles. The minimum absolute atomic E-state index is 0.149. The number of amides is 2. The van der Waals surface area contributed by atoms with Crippen LogP contribution < -0.4 is 15.5 Å². The standard InChI is InChI=1S/C25H29N3O4/c1-32-21-13-11-19(12-14-21)22-17-20(16-18-8-4-2-5-9-18)24(27-22)25(30)26-15-7-3-6-10-23(29)28-31/h2,4-5,8-9,11-14,17,27,31H,3,6-7,10,15-16H2,1H3,(H,26,30)(H,28,29). The van der Waals surface area contributed by atoms with E-state index in [1.54, 1.807) is 12.6 Å². The minimum Gasteiger partial charge on any atom is -0.497 e. The van der Waals surface area contributed by atoms with Crippen molar-refractivity contribution in [2.75, 3.05) is 13.7 Å². The summed E-state index contributed by atoms with van der Waals surface area (Å²) >= 11 is 0. The summed E-state index contributed by atoms with van der Waals surface area (Å²) in [6.45, 7) is 0.515. The van der Waals surface area contributed by atoms with E-state index in [0.29, 0.717) is 25.1 Å². The monoisotopic (exact) mass is 435 g/mol. The summed E-state index contributed by atoms with van der Waals surface area (Å²) < 4.78 is 5.23. The Labute approximate surface area is 187 Å². The van der Waals surface area contributed by atoms with Gasteiger partial charge in [-0.3, -0.25) is 14.8 Å². The number of carbonyl (C=O) groups is 2. The first-order chi connectivity index (χ1) is 15.6. The van der Waals surface area contributed by atoms with E-state index < -0.39 is 5.91 Å². The van der Waals surface area contributed by atoms with Gasteiger partial charge in [-0.05, 0) is 66.3 Å². The Kier molecular flexibility index (Phi) is 8.45. The molecule has 168 valence electrons. The van der Waals surface area contributed by atoms with E-state index >= 15 is 0 Å². The molecule has 0 saturated carbocycles. The average Bonchev–Trinajstić information content (AvgIpc) is 3.25. The maximum absolute atomic E-state index is 12.9. The number of benzene rings is 2. The van der Waals surface area contributed by atoms with Gasteiger partial charge in [-0.25, -0.2) is 5.48 Å². The van der Waals surface area contributed by atoms with Gasteiger partial charge in [0.25, 0.3) is 5.91 Å². The molecule has 0 saturated heterocycles. The van der Waals surface area contributed by atoms with Gasteiger partial charge in [-0.15, -0.1) is 0 Å². The Morgan fingerprint density at radius 1 is 1.00 bits per heavy atom. The van der Waals surface area contributed by atoms with E-state index in [4.69, 9.17) is 9.94 Å². The minimum atomic E-state index is -0.392. The van der Waals surface area contributed by atoms with Gasteiger partial charge >= 0.3 is 0 Å². The fourth-order valence-electron chi connectivity index (χ4n) is 3.51. The second-order valence-electron chi connectivity index (χ2n) is 7.58. The Hall–Kier alpha value is -3.58. The first-order valence-electron chi connectivity index (χ1n) is 10.7. The van der Waals surface area contributed by atoms with Crippen LogP contribution in [0.25, 0.3) is 11.3 Å². The molecule has 1 aromatic heterocycles. The Bertz CT molecular complexity index is 1010. The SMILES string of the molecule is COc1ccc(-c2cc(Cc3ccccc3)c(C(=O)NCCCCCC(=O)NO)[nH]2)cc1. The summed E-state index contributed by atoms with van der Waals surface area (Å²) in [7, 11) is 1.63. The molecular weight excluding hydrogens is 406 g/mol. The molecule has 0 atom stereocenters. The molecule has 0 radical (unpaired) electrons. The van der Waals surface area contributed by atoms with Crippen molar-refractivity contribution >= 4 is 11.8 Å². The first-order valence-corrected chi connectivity index (χ1v) is 10.7. The number of aromatic nitrogens is 1. The lowest BCUT2D eigenvalue weighted by molar-refractivity contribution is -0.129. The molecule has 2 aromatic carbocycles. The van der Waals surface area contributed by atoms with E-state index in [1.165, 1.54) is 0 Å². The molecule has 32 heavy (non-hydrogen) atoms. The van der Waals surface area contributed by atoms with Crippen LogP contribution in [-0.2, 0) is 11.2 Å². The number of rotatable bonds is 11. The summed E-state index contributed by atoms with van der Waals surface area (Å²) in [6, 6.07) is 19.8. The van der Waals surface area contributed by atoms with Gasteiger partial charge in [-0.1, -0.05) is 36.8 Å². The van der Waals surface area contributed by atoms with E-state index in [1.807, 2.05) is 60.7 Å². The third kappa shape index (κ3) is 6.46. The van der Waals surface area contributed by atoms with Crippen LogP contribution in [0.3, 0.4) is 0 Å². The maximum atomic E-state index is 12.9. The predicted octanol–water partition coefficient (Wildman–Crippen LogP) is 4.08. The average molecular weight is 436 g/mol. The third-order valence-electron chi connectivity index (χ3n) is 5.26. The van der Waals surface area contributed by atoms with Crippen molar-refractivity contribution in [1.82, 2.24) is 15.8 Å². The van der Waals surface area contributed by atoms with Crippen molar-refractivity contribution < 1.29 is 19.5 Å². The van der Waals surface area contributed by atoms with Crippen LogP contribution in [0.4, 0.5) is 0 Å². The van der Waals surface area contributed by atoms with Gasteiger partial charge in [0.15, 0.2) is 0 Å². The number of hydrogen-bond acceptors (Lipinski definition) is 4. The highest BCUT2D eigenvalue weighted by Gasteiger charge is 2.16. The number of ether oxygens (including phenoxy) is 1. The fourth-order valence-corrected chi connectivity index (χ4v) is 3.51. The molecular formula is C25H29N3O4. The molecule has 7 heteroatoms. The number of hydroxylamine groups is 1. The Morgan fingerprint density at radius 2 is 1.75 bits per heavy atom. The van der Waals surface area contributed by atoms with E-state index in [9.17, 15) is 9.59 Å². The van der Waals surface area contributed by atoms with E-state index in [-0.39, 0.29) is 12.3 Å². The molecule has 7 nitrogen and oxygen atoms in total. The van der Waals surface area contributed by atoms with Crippen LogP contribution in [-0.4, -0.2) is 35.7 Å². The number of aromatic amines is 1. The van der Waals surface area contributed by atoms with Gasteiger partial charge in [0.2, 0.25) is 5.91 Å². The molecule has 0 fully saturated rings. The lowest BCUT2D eigenvalue weighted by Crippen LogP contribution is -2.26. The van der Waals surface area contributed by atoms with Gasteiger partial charge in [0.1, 0.15) is 11.4 Å². The Balaban J connectivity index is 1.69. The van der Waals surface area contributed by atoms with Crippen molar-refractivity contribution in [1.29, 1.82) is 0 Å². The molecule has 4 N–H and O–H groups in total. The van der Waals surface area contributed by atoms with Gasteiger partial charge in [0, 0.05) is 18.7 Å². The third-order valence-corrected chi connectivity index (χ3v) is 5.26. The summed E-state index contributed by atoms with van der Waals surface area (Å²) in [5, 5.41) is 11.5. The quantitative estimate of drug-likeness (QED) is 0.207. The molecule has 0 unspecified atom stereocenters. The number of hydrogen-bond donors (Lipinski definition) is 4. The molecule has 1 heterocycles. The zero-order valence-electron chi connectivity index (χ0n) is 18.2. The summed E-state index contributed by atoms with van der Waals surface area (Å²) in [5.41, 5.74) is 6.08. The van der Waals surface area contributed by atoms with Crippen molar-refractivity contribution in [3.63, 3.8) is 0 Å². The smallest absolute Gasteiger partial charge is 0.268 e. The van der Waals surface area contributed by atoms with Gasteiger partial charge in [-0.2, -0.15) is 0 Å². The fraction of sp³-hybridized carbons (Fsp3) is 0.280. The molecule has 0 aliphatic rings. The predicted molar refractivity (Wildman–Crippen MR) is 123 cm³/mol. The molecule has 0 aliphatic carbocycles. The highest BCUT2D eigenvalue weighted by molar-refractivity contribution is 5.95. The molecule has 2 amide bonds. The Morgan fingerprint density at radius 3 is 2.44 bits per heavy atom. The number of H-pyrrole nitrogens is 1. The van der Waals surface area contributed by atoms with Crippen LogP contribution in [0.2, 0.25) is 0 Å². The summed E-state index contributed by atoms with van der Waals surface area (Å²) in [4.78, 5) is 27.3. The van der Waals surface area contributed by atoms with Crippen LogP contribution >= 0.6 is 0 Å². The number of carbonyl (C=O) groups excluding carboxylic acids is 2. The van der Waals surface area contributed by atoms with Crippen molar-refractivity contribution in [3.05, 3.63) is 77.5 Å². The summed E-state index contributed by atoms with van der Waals surface area (Å²) in [5.74, 6) is 0.236. The zero-order chi connectivity index (χ0) is 22.8.